The lowest BCUT2D eigenvalue weighted by molar-refractivity contribution is -0.136. The number of halogens is 3. The Balaban J connectivity index is 2.15. The summed E-state index contributed by atoms with van der Waals surface area (Å²) in [7, 11) is 1.74. The number of nitrogen functional groups attached to an aromatic ring is 1. The Hall–Kier alpha value is -2.70. The maximum atomic E-state index is 12.9. The molecule has 4 nitrogen and oxygen atoms in total. The van der Waals surface area contributed by atoms with Crippen LogP contribution < -0.4 is 16.0 Å². The van der Waals surface area contributed by atoms with Gasteiger partial charge in [-0.05, 0) is 37.3 Å². The third-order valence-corrected chi connectivity index (χ3v) is 3.75. The second-order valence-corrected chi connectivity index (χ2v) is 5.41. The molecular formula is C17H18F3N3O. The molecule has 0 aliphatic carbocycles. The number of nitrogens with two attached hydrogens (primary N) is 1. The minimum atomic E-state index is -4.57. The molecule has 0 aromatic heterocycles. The average molecular weight is 337 g/mol. The zero-order valence-electron chi connectivity index (χ0n) is 13.3. The summed E-state index contributed by atoms with van der Waals surface area (Å²) in [5.41, 5.74) is 4.88. The Morgan fingerprint density at radius 1 is 1.17 bits per heavy atom. The highest BCUT2D eigenvalue weighted by Crippen LogP contribution is 2.35. The molecule has 7 heteroatoms. The number of carbonyl (C=O) groups excluding carboxylic acids is 1. The van der Waals surface area contributed by atoms with Crippen LogP contribution >= 0.6 is 0 Å². The van der Waals surface area contributed by atoms with Crippen molar-refractivity contribution in [3.8, 4) is 0 Å². The standard InChI is InChI=1S/C17H18F3N3O/c1-11(23(2)13-6-4-3-5-7-13)16(24)22-12-8-9-15(21)14(10-12)17(18,19)20/h3-11H,21H2,1-2H3,(H,22,24). The third-order valence-electron chi connectivity index (χ3n) is 3.75. The molecule has 2 aromatic carbocycles. The van der Waals surface area contributed by atoms with Gasteiger partial charge in [0.25, 0.3) is 0 Å². The number of carbonyl (C=O) groups is 1. The van der Waals surface area contributed by atoms with E-state index in [1.54, 1.807) is 18.9 Å². The van der Waals surface area contributed by atoms with Crippen LogP contribution in [0.2, 0.25) is 0 Å². The van der Waals surface area contributed by atoms with Crippen molar-refractivity contribution in [3.05, 3.63) is 54.1 Å². The van der Waals surface area contributed by atoms with Gasteiger partial charge in [0.1, 0.15) is 6.04 Å². The second-order valence-electron chi connectivity index (χ2n) is 5.41. The van der Waals surface area contributed by atoms with Gasteiger partial charge < -0.3 is 16.0 Å². The van der Waals surface area contributed by atoms with Crippen molar-refractivity contribution in [1.29, 1.82) is 0 Å². The molecule has 24 heavy (non-hydrogen) atoms. The van der Waals surface area contributed by atoms with E-state index < -0.39 is 23.7 Å². The molecule has 1 unspecified atom stereocenters. The number of rotatable bonds is 4. The highest BCUT2D eigenvalue weighted by molar-refractivity contribution is 5.96. The second kappa shape index (κ2) is 6.82. The molecule has 0 saturated heterocycles. The summed E-state index contributed by atoms with van der Waals surface area (Å²) in [5, 5.41) is 2.50. The number of nitrogens with one attached hydrogen (secondary N) is 1. The SMILES string of the molecule is CC(C(=O)Nc1ccc(N)c(C(F)(F)F)c1)N(C)c1ccccc1. The van der Waals surface area contributed by atoms with Crippen LogP contribution in [0.25, 0.3) is 0 Å². The largest absolute Gasteiger partial charge is 0.418 e. The lowest BCUT2D eigenvalue weighted by Crippen LogP contribution is -2.39. The topological polar surface area (TPSA) is 58.4 Å². The number of likely N-dealkylation sites (N-methyl/N-ethyl adjacent to an activating group) is 1. The Morgan fingerprint density at radius 3 is 2.38 bits per heavy atom. The minimum Gasteiger partial charge on any atom is -0.398 e. The van der Waals surface area contributed by atoms with Gasteiger partial charge in [-0.15, -0.1) is 0 Å². The summed E-state index contributed by atoms with van der Waals surface area (Å²) in [6, 6.07) is 12.0. The predicted octanol–water partition coefficient (Wildman–Crippen LogP) is 3.75. The van der Waals surface area contributed by atoms with Gasteiger partial charge in [-0.2, -0.15) is 13.2 Å². The van der Waals surface area contributed by atoms with Crippen LogP contribution in [-0.4, -0.2) is 19.0 Å². The number of para-hydroxylation sites is 1. The van der Waals surface area contributed by atoms with Crippen LogP contribution in [0.4, 0.5) is 30.2 Å². The van der Waals surface area contributed by atoms with E-state index in [1.165, 1.54) is 6.07 Å². The van der Waals surface area contributed by atoms with Crippen LogP contribution in [-0.2, 0) is 11.0 Å². The molecule has 1 amide bonds. The van der Waals surface area contributed by atoms with Gasteiger partial charge in [0.15, 0.2) is 0 Å². The fourth-order valence-electron chi connectivity index (χ4n) is 2.19. The summed E-state index contributed by atoms with van der Waals surface area (Å²) in [4.78, 5) is 14.0. The highest BCUT2D eigenvalue weighted by Gasteiger charge is 2.33. The van der Waals surface area contributed by atoms with Crippen LogP contribution in [0, 0.1) is 0 Å². The van der Waals surface area contributed by atoms with E-state index >= 15 is 0 Å². The Kier molecular flexibility index (Phi) is 5.02. The molecule has 3 N–H and O–H groups in total. The molecule has 0 saturated carbocycles. The number of anilines is 3. The third kappa shape index (κ3) is 3.98. The molecule has 0 bridgehead atoms. The molecule has 0 aliphatic heterocycles. The molecule has 0 aliphatic rings. The van der Waals surface area contributed by atoms with Crippen LogP contribution in [0.1, 0.15) is 12.5 Å². The smallest absolute Gasteiger partial charge is 0.398 e. The predicted molar refractivity (Wildman–Crippen MR) is 88.8 cm³/mol. The molecule has 2 rings (SSSR count). The van der Waals surface area contributed by atoms with E-state index in [4.69, 9.17) is 5.73 Å². The van der Waals surface area contributed by atoms with Gasteiger partial charge in [0.2, 0.25) is 5.91 Å². The lowest BCUT2D eigenvalue weighted by Gasteiger charge is -2.26. The van der Waals surface area contributed by atoms with E-state index in [-0.39, 0.29) is 11.4 Å². The summed E-state index contributed by atoms with van der Waals surface area (Å²) in [5.74, 6) is -0.417. The maximum Gasteiger partial charge on any atom is 0.418 e. The van der Waals surface area contributed by atoms with Crippen molar-refractivity contribution < 1.29 is 18.0 Å². The molecule has 2 aromatic rings. The molecule has 0 fully saturated rings. The summed E-state index contributed by atoms with van der Waals surface area (Å²) in [6.45, 7) is 1.67. The van der Waals surface area contributed by atoms with Crippen LogP contribution in [0.3, 0.4) is 0 Å². The zero-order valence-corrected chi connectivity index (χ0v) is 13.3. The molecular weight excluding hydrogens is 319 g/mol. The van der Waals surface area contributed by atoms with Gasteiger partial charge in [0.05, 0.1) is 5.56 Å². The van der Waals surface area contributed by atoms with Gasteiger partial charge in [-0.1, -0.05) is 18.2 Å². The number of amides is 1. The van der Waals surface area contributed by atoms with E-state index in [2.05, 4.69) is 5.32 Å². The van der Waals surface area contributed by atoms with Gasteiger partial charge in [-0.25, -0.2) is 0 Å². The summed E-state index contributed by atoms with van der Waals surface area (Å²) >= 11 is 0. The van der Waals surface area contributed by atoms with E-state index in [1.807, 2.05) is 30.3 Å². The first kappa shape index (κ1) is 17.7. The van der Waals surface area contributed by atoms with Crippen molar-refractivity contribution in [1.82, 2.24) is 0 Å². The van der Waals surface area contributed by atoms with Gasteiger partial charge in [0, 0.05) is 24.1 Å². The summed E-state index contributed by atoms with van der Waals surface area (Å²) in [6.07, 6.45) is -4.57. The fourth-order valence-corrected chi connectivity index (χ4v) is 2.19. The van der Waals surface area contributed by atoms with Crippen molar-refractivity contribution in [2.75, 3.05) is 23.0 Å². The number of hydrogen-bond acceptors (Lipinski definition) is 3. The van der Waals surface area contributed by atoms with E-state index in [0.717, 1.165) is 17.8 Å². The summed E-state index contributed by atoms with van der Waals surface area (Å²) < 4.78 is 38.6. The number of alkyl halides is 3. The Bertz CT molecular complexity index is 717. The van der Waals surface area contributed by atoms with E-state index in [9.17, 15) is 18.0 Å². The first-order valence-electron chi connectivity index (χ1n) is 7.25. The zero-order chi connectivity index (χ0) is 17.9. The fraction of sp³-hybridized carbons (Fsp3) is 0.235. The first-order chi connectivity index (χ1) is 11.2. The Morgan fingerprint density at radius 2 is 1.79 bits per heavy atom. The van der Waals surface area contributed by atoms with Gasteiger partial charge >= 0.3 is 6.18 Å². The van der Waals surface area contributed by atoms with Crippen molar-refractivity contribution in [3.63, 3.8) is 0 Å². The van der Waals surface area contributed by atoms with Crippen LogP contribution in [0.15, 0.2) is 48.5 Å². The number of benzene rings is 2. The first-order valence-corrected chi connectivity index (χ1v) is 7.25. The number of hydrogen-bond donors (Lipinski definition) is 2. The number of nitrogens with zero attached hydrogens (tertiary/aromatic N) is 1. The van der Waals surface area contributed by atoms with Crippen molar-refractivity contribution in [2.45, 2.75) is 19.1 Å². The van der Waals surface area contributed by atoms with Crippen molar-refractivity contribution >= 4 is 23.0 Å². The molecule has 0 radical (unpaired) electrons. The van der Waals surface area contributed by atoms with Crippen molar-refractivity contribution in [2.24, 2.45) is 0 Å². The minimum absolute atomic E-state index is 0.0508. The van der Waals surface area contributed by atoms with Crippen LogP contribution in [0.5, 0.6) is 0 Å². The highest BCUT2D eigenvalue weighted by atomic mass is 19.4. The molecule has 0 heterocycles. The van der Waals surface area contributed by atoms with Gasteiger partial charge in [-0.3, -0.25) is 4.79 Å². The lowest BCUT2D eigenvalue weighted by atomic mass is 10.1. The molecule has 0 spiro atoms. The maximum absolute atomic E-state index is 12.9. The van der Waals surface area contributed by atoms with E-state index in [0.29, 0.717) is 0 Å². The normalized spacial score (nSPS) is 12.5. The average Bonchev–Trinajstić information content (AvgIpc) is 2.55. The monoisotopic (exact) mass is 337 g/mol. The Labute approximate surface area is 138 Å². The molecule has 1 atom stereocenters. The quantitative estimate of drug-likeness (QED) is 0.836. The molecule has 128 valence electrons.